The molecule has 2 fully saturated rings. The number of carbonyl (C=O) groups is 1. The van der Waals surface area contributed by atoms with Crippen molar-refractivity contribution in [3.8, 4) is 0 Å². The fourth-order valence-electron chi connectivity index (χ4n) is 4.31. The third-order valence-corrected chi connectivity index (χ3v) is 6.13. The molecule has 0 bridgehead atoms. The van der Waals surface area contributed by atoms with E-state index in [2.05, 4.69) is 41.5 Å². The van der Waals surface area contributed by atoms with E-state index in [1.165, 1.54) is 18.4 Å². The lowest BCUT2D eigenvalue weighted by Gasteiger charge is -2.39. The van der Waals surface area contributed by atoms with Gasteiger partial charge in [-0.1, -0.05) is 30.3 Å². The number of nitrogens with zero attached hydrogens (tertiary/aromatic N) is 2. The van der Waals surface area contributed by atoms with Gasteiger partial charge in [0.15, 0.2) is 5.60 Å². The smallest absolute Gasteiger partial charge is 0.255 e. The van der Waals surface area contributed by atoms with Crippen LogP contribution < -0.4 is 5.32 Å². The molecule has 0 aliphatic carbocycles. The number of rotatable bonds is 8. The predicted molar refractivity (Wildman–Crippen MR) is 109 cm³/mol. The van der Waals surface area contributed by atoms with Crippen molar-refractivity contribution in [2.24, 2.45) is 5.92 Å². The first-order valence-electron chi connectivity index (χ1n) is 10.5. The van der Waals surface area contributed by atoms with E-state index in [-0.39, 0.29) is 5.91 Å². The molecule has 2 aliphatic heterocycles. The number of aryl methyl sites for hydroxylation is 1. The van der Waals surface area contributed by atoms with Gasteiger partial charge in [-0.05, 0) is 76.7 Å². The SMILES string of the molecule is CN1CCC(CNC[C@]2(O)CCCN(CCCc3ccccc3)C2=O)CC1. The van der Waals surface area contributed by atoms with Crippen molar-refractivity contribution >= 4 is 5.91 Å². The number of nitrogens with one attached hydrogen (secondary N) is 1. The molecule has 0 saturated carbocycles. The van der Waals surface area contributed by atoms with Crippen LogP contribution in [0.2, 0.25) is 0 Å². The summed E-state index contributed by atoms with van der Waals surface area (Å²) in [6.07, 6.45) is 5.75. The minimum Gasteiger partial charge on any atom is -0.379 e. The van der Waals surface area contributed by atoms with E-state index in [1.807, 2.05) is 11.0 Å². The number of aliphatic hydroxyl groups is 1. The van der Waals surface area contributed by atoms with Crippen LogP contribution in [0, 0.1) is 5.92 Å². The van der Waals surface area contributed by atoms with Gasteiger partial charge in [0.25, 0.3) is 5.91 Å². The zero-order valence-corrected chi connectivity index (χ0v) is 16.7. The van der Waals surface area contributed by atoms with Crippen molar-refractivity contribution in [1.29, 1.82) is 0 Å². The van der Waals surface area contributed by atoms with Crippen LogP contribution in [-0.4, -0.2) is 72.7 Å². The number of amides is 1. The third-order valence-electron chi connectivity index (χ3n) is 6.13. The molecule has 2 saturated heterocycles. The monoisotopic (exact) mass is 373 g/mol. The lowest BCUT2D eigenvalue weighted by atomic mass is 9.90. The van der Waals surface area contributed by atoms with Gasteiger partial charge in [-0.25, -0.2) is 0 Å². The largest absolute Gasteiger partial charge is 0.379 e. The average Bonchev–Trinajstić information content (AvgIpc) is 2.68. The first-order valence-corrected chi connectivity index (χ1v) is 10.5. The van der Waals surface area contributed by atoms with E-state index < -0.39 is 5.60 Å². The van der Waals surface area contributed by atoms with Crippen molar-refractivity contribution in [2.45, 2.75) is 44.1 Å². The molecule has 0 unspecified atom stereocenters. The molecule has 1 atom stereocenters. The average molecular weight is 374 g/mol. The summed E-state index contributed by atoms with van der Waals surface area (Å²) >= 11 is 0. The summed E-state index contributed by atoms with van der Waals surface area (Å²) in [5.74, 6) is 0.572. The van der Waals surface area contributed by atoms with Crippen molar-refractivity contribution < 1.29 is 9.90 Å². The number of likely N-dealkylation sites (tertiary alicyclic amines) is 2. The fraction of sp³-hybridized carbons (Fsp3) is 0.682. The molecule has 0 spiro atoms. The van der Waals surface area contributed by atoms with E-state index in [4.69, 9.17) is 0 Å². The van der Waals surface area contributed by atoms with Crippen LogP contribution in [0.15, 0.2) is 30.3 Å². The number of carbonyl (C=O) groups excluding carboxylic acids is 1. The Balaban J connectivity index is 1.42. The Kier molecular flexibility index (Phi) is 7.27. The summed E-state index contributed by atoms with van der Waals surface area (Å²) in [4.78, 5) is 17.1. The van der Waals surface area contributed by atoms with Gasteiger partial charge in [-0.3, -0.25) is 4.79 Å². The first-order chi connectivity index (χ1) is 13.1. The molecule has 2 aliphatic rings. The van der Waals surface area contributed by atoms with Gasteiger partial charge in [0.2, 0.25) is 0 Å². The van der Waals surface area contributed by atoms with Crippen LogP contribution in [0.5, 0.6) is 0 Å². The number of hydrogen-bond donors (Lipinski definition) is 2. The van der Waals surface area contributed by atoms with Crippen LogP contribution in [0.4, 0.5) is 0 Å². The highest BCUT2D eigenvalue weighted by atomic mass is 16.3. The Labute approximate surface area is 163 Å². The van der Waals surface area contributed by atoms with Crippen molar-refractivity contribution in [1.82, 2.24) is 15.1 Å². The summed E-state index contributed by atoms with van der Waals surface area (Å²) in [6, 6.07) is 10.4. The molecular formula is C22H35N3O2. The molecule has 3 rings (SSSR count). The van der Waals surface area contributed by atoms with Crippen LogP contribution in [0.3, 0.4) is 0 Å². The summed E-state index contributed by atoms with van der Waals surface area (Å²) < 4.78 is 0. The molecular weight excluding hydrogens is 338 g/mol. The molecule has 0 radical (unpaired) electrons. The van der Waals surface area contributed by atoms with Crippen LogP contribution in [-0.2, 0) is 11.2 Å². The quantitative estimate of drug-likeness (QED) is 0.731. The second-order valence-electron chi connectivity index (χ2n) is 8.39. The number of hydrogen-bond acceptors (Lipinski definition) is 4. The number of piperidine rings is 2. The highest BCUT2D eigenvalue weighted by Crippen LogP contribution is 2.23. The lowest BCUT2D eigenvalue weighted by molar-refractivity contribution is -0.156. The summed E-state index contributed by atoms with van der Waals surface area (Å²) in [6.45, 7) is 5.07. The predicted octanol–water partition coefficient (Wildman–Crippen LogP) is 1.90. The molecule has 5 nitrogen and oxygen atoms in total. The van der Waals surface area contributed by atoms with Crippen LogP contribution >= 0.6 is 0 Å². The normalized spacial score (nSPS) is 25.1. The van der Waals surface area contributed by atoms with Crippen molar-refractivity contribution in [3.63, 3.8) is 0 Å². The minimum absolute atomic E-state index is 0.0855. The van der Waals surface area contributed by atoms with E-state index in [0.717, 1.165) is 52.0 Å². The maximum absolute atomic E-state index is 12.8. The zero-order chi connectivity index (χ0) is 19.1. The highest BCUT2D eigenvalue weighted by molar-refractivity contribution is 5.86. The zero-order valence-electron chi connectivity index (χ0n) is 16.7. The molecule has 5 heteroatoms. The standard InChI is InChI=1S/C22H35N3O2/c1-24-15-10-20(11-16-24)17-23-18-22(27)12-6-14-25(21(22)26)13-5-9-19-7-3-2-4-8-19/h2-4,7-8,20,23,27H,5-6,9-18H2,1H3/t22-/m1/s1. The molecule has 1 aromatic rings. The van der Waals surface area contributed by atoms with E-state index >= 15 is 0 Å². The van der Waals surface area contributed by atoms with Gasteiger partial charge in [0, 0.05) is 19.6 Å². The van der Waals surface area contributed by atoms with Gasteiger partial charge < -0.3 is 20.2 Å². The Morgan fingerprint density at radius 1 is 1.19 bits per heavy atom. The van der Waals surface area contributed by atoms with Crippen LogP contribution in [0.1, 0.15) is 37.7 Å². The molecule has 1 amide bonds. The highest BCUT2D eigenvalue weighted by Gasteiger charge is 2.41. The summed E-state index contributed by atoms with van der Waals surface area (Å²) in [7, 11) is 2.17. The first kappa shape index (κ1) is 20.3. The Hall–Kier alpha value is -1.43. The third kappa shape index (κ3) is 5.77. The second-order valence-corrected chi connectivity index (χ2v) is 8.39. The second kappa shape index (κ2) is 9.67. The summed E-state index contributed by atoms with van der Waals surface area (Å²) in [5.41, 5.74) is 0.0771. The van der Waals surface area contributed by atoms with Crippen LogP contribution in [0.25, 0.3) is 0 Å². The van der Waals surface area contributed by atoms with Gasteiger partial charge in [0.1, 0.15) is 0 Å². The molecule has 2 N–H and O–H groups in total. The fourth-order valence-corrected chi connectivity index (χ4v) is 4.31. The van der Waals surface area contributed by atoms with Crippen molar-refractivity contribution in [2.75, 3.05) is 46.3 Å². The number of benzene rings is 1. The maximum atomic E-state index is 12.8. The molecule has 2 heterocycles. The molecule has 150 valence electrons. The van der Waals surface area contributed by atoms with E-state index in [1.54, 1.807) is 0 Å². The topological polar surface area (TPSA) is 55.8 Å². The van der Waals surface area contributed by atoms with E-state index in [9.17, 15) is 9.90 Å². The summed E-state index contributed by atoms with van der Waals surface area (Å²) in [5, 5.41) is 14.3. The Morgan fingerprint density at radius 3 is 2.67 bits per heavy atom. The Bertz CT molecular complexity index is 586. The van der Waals surface area contributed by atoms with E-state index in [0.29, 0.717) is 18.9 Å². The maximum Gasteiger partial charge on any atom is 0.255 e. The van der Waals surface area contributed by atoms with Crippen molar-refractivity contribution in [3.05, 3.63) is 35.9 Å². The van der Waals surface area contributed by atoms with Gasteiger partial charge in [-0.15, -0.1) is 0 Å². The minimum atomic E-state index is -1.23. The molecule has 27 heavy (non-hydrogen) atoms. The van der Waals surface area contributed by atoms with Gasteiger partial charge in [-0.2, -0.15) is 0 Å². The lowest BCUT2D eigenvalue weighted by Crippen LogP contribution is -2.58. The molecule has 0 aromatic heterocycles. The molecule has 1 aromatic carbocycles. The van der Waals surface area contributed by atoms with Gasteiger partial charge >= 0.3 is 0 Å². The van der Waals surface area contributed by atoms with Gasteiger partial charge in [0.05, 0.1) is 0 Å². The Morgan fingerprint density at radius 2 is 1.93 bits per heavy atom.